The second-order valence-corrected chi connectivity index (χ2v) is 4.97. The molecule has 1 N–H and O–H groups in total. The van der Waals surface area contributed by atoms with Crippen LogP contribution >= 0.6 is 0 Å². The van der Waals surface area contributed by atoms with E-state index in [1.807, 2.05) is 44.4 Å². The standard InChI is InChI=1S/C15H16O2.C2H7N/c1-2-13(16)15(11-7-6-10-14(15)17)12-8-4-3-5-9-12;1-3-2/h2-5,8-9H,1,6-7,10-11H2;3H,1-2H3. The summed E-state index contributed by atoms with van der Waals surface area (Å²) in [7, 11) is 3.75. The first kappa shape index (κ1) is 16.3. The average Bonchev–Trinajstić information content (AvgIpc) is 2.49. The van der Waals surface area contributed by atoms with E-state index in [4.69, 9.17) is 0 Å². The highest BCUT2D eigenvalue weighted by Gasteiger charge is 2.46. The van der Waals surface area contributed by atoms with Crippen LogP contribution in [0, 0.1) is 0 Å². The highest BCUT2D eigenvalue weighted by Crippen LogP contribution is 2.37. The Hall–Kier alpha value is -1.74. The molecule has 1 aliphatic carbocycles. The fourth-order valence-corrected chi connectivity index (χ4v) is 2.63. The van der Waals surface area contributed by atoms with Gasteiger partial charge in [0, 0.05) is 6.42 Å². The molecule has 0 radical (unpaired) electrons. The second-order valence-electron chi connectivity index (χ2n) is 4.97. The van der Waals surface area contributed by atoms with Crippen molar-refractivity contribution in [3.8, 4) is 0 Å². The smallest absolute Gasteiger partial charge is 0.173 e. The number of allylic oxidation sites excluding steroid dienone is 1. The number of benzene rings is 1. The van der Waals surface area contributed by atoms with E-state index >= 15 is 0 Å². The average molecular weight is 273 g/mol. The lowest BCUT2D eigenvalue weighted by Crippen LogP contribution is -2.45. The van der Waals surface area contributed by atoms with Crippen molar-refractivity contribution in [2.75, 3.05) is 14.1 Å². The minimum Gasteiger partial charge on any atom is -0.323 e. The van der Waals surface area contributed by atoms with Gasteiger partial charge in [-0.3, -0.25) is 9.59 Å². The lowest BCUT2D eigenvalue weighted by molar-refractivity contribution is -0.134. The van der Waals surface area contributed by atoms with E-state index in [2.05, 4.69) is 11.9 Å². The predicted octanol–water partition coefficient (Wildman–Crippen LogP) is 2.66. The molecule has 1 fully saturated rings. The number of hydrogen-bond donors (Lipinski definition) is 1. The Kier molecular flexibility index (Phi) is 6.32. The lowest BCUT2D eigenvalue weighted by Gasteiger charge is -2.33. The van der Waals surface area contributed by atoms with Crippen molar-refractivity contribution in [2.45, 2.75) is 31.1 Å². The van der Waals surface area contributed by atoms with Gasteiger partial charge in [-0.2, -0.15) is 0 Å². The van der Waals surface area contributed by atoms with Crippen LogP contribution in [0.15, 0.2) is 43.0 Å². The molecule has 0 heterocycles. The number of ketones is 2. The van der Waals surface area contributed by atoms with Crippen LogP contribution < -0.4 is 5.32 Å². The predicted molar refractivity (Wildman–Crippen MR) is 81.8 cm³/mol. The van der Waals surface area contributed by atoms with Crippen LogP contribution in [-0.4, -0.2) is 25.7 Å². The van der Waals surface area contributed by atoms with Gasteiger partial charge in [-0.1, -0.05) is 43.3 Å². The zero-order chi connectivity index (χ0) is 15.0. The Morgan fingerprint density at radius 3 is 2.35 bits per heavy atom. The summed E-state index contributed by atoms with van der Waals surface area (Å²) in [5.74, 6) is -0.117. The van der Waals surface area contributed by atoms with Crippen LogP contribution in [0.5, 0.6) is 0 Å². The highest BCUT2D eigenvalue weighted by atomic mass is 16.2. The summed E-state index contributed by atoms with van der Waals surface area (Å²) in [5, 5.41) is 2.75. The molecule has 1 aromatic carbocycles. The molecule has 108 valence electrons. The zero-order valence-electron chi connectivity index (χ0n) is 12.3. The molecule has 0 bridgehead atoms. The second kappa shape index (κ2) is 7.75. The van der Waals surface area contributed by atoms with E-state index in [1.165, 1.54) is 6.08 Å². The quantitative estimate of drug-likeness (QED) is 0.680. The molecule has 1 aromatic rings. The molecule has 3 heteroatoms. The third-order valence-corrected chi connectivity index (χ3v) is 3.55. The van der Waals surface area contributed by atoms with Crippen LogP contribution in [0.1, 0.15) is 31.2 Å². The van der Waals surface area contributed by atoms with Gasteiger partial charge in [0.25, 0.3) is 0 Å². The van der Waals surface area contributed by atoms with Crippen LogP contribution in [0.25, 0.3) is 0 Å². The maximum Gasteiger partial charge on any atom is 0.173 e. The van der Waals surface area contributed by atoms with E-state index < -0.39 is 5.41 Å². The molecule has 0 spiro atoms. The van der Waals surface area contributed by atoms with E-state index in [0.717, 1.165) is 18.4 Å². The molecule has 1 aliphatic rings. The minimum absolute atomic E-state index is 0.0415. The number of rotatable bonds is 3. The van der Waals surface area contributed by atoms with E-state index in [-0.39, 0.29) is 11.6 Å². The number of Topliss-reactive ketones (excluding diaryl/α,β-unsaturated/α-hetero) is 1. The molecule has 20 heavy (non-hydrogen) atoms. The van der Waals surface area contributed by atoms with Gasteiger partial charge < -0.3 is 5.32 Å². The molecule has 2 rings (SSSR count). The zero-order valence-corrected chi connectivity index (χ0v) is 12.3. The maximum atomic E-state index is 12.2. The minimum atomic E-state index is -0.957. The largest absolute Gasteiger partial charge is 0.323 e. The Morgan fingerprint density at radius 2 is 1.85 bits per heavy atom. The molecule has 1 saturated carbocycles. The summed E-state index contributed by atoms with van der Waals surface area (Å²) in [4.78, 5) is 24.4. The van der Waals surface area contributed by atoms with Crippen molar-refractivity contribution in [2.24, 2.45) is 0 Å². The first-order valence-corrected chi connectivity index (χ1v) is 6.97. The van der Waals surface area contributed by atoms with Gasteiger partial charge in [-0.05, 0) is 38.6 Å². The van der Waals surface area contributed by atoms with Gasteiger partial charge in [0.2, 0.25) is 0 Å². The summed E-state index contributed by atoms with van der Waals surface area (Å²) in [6, 6.07) is 9.36. The van der Waals surface area contributed by atoms with Gasteiger partial charge in [-0.25, -0.2) is 0 Å². The third kappa shape index (κ3) is 3.23. The molecular formula is C17H23NO2. The van der Waals surface area contributed by atoms with E-state index in [9.17, 15) is 9.59 Å². The van der Waals surface area contributed by atoms with Crippen molar-refractivity contribution in [3.05, 3.63) is 48.6 Å². The van der Waals surface area contributed by atoms with Gasteiger partial charge in [-0.15, -0.1) is 0 Å². The van der Waals surface area contributed by atoms with Crippen molar-refractivity contribution >= 4 is 11.6 Å². The third-order valence-electron chi connectivity index (χ3n) is 3.55. The first-order chi connectivity index (χ1) is 9.63. The fraction of sp³-hybridized carbons (Fsp3) is 0.412. The topological polar surface area (TPSA) is 46.2 Å². The van der Waals surface area contributed by atoms with E-state index in [1.54, 1.807) is 0 Å². The number of hydrogen-bond acceptors (Lipinski definition) is 3. The first-order valence-electron chi connectivity index (χ1n) is 6.97. The molecule has 1 unspecified atom stereocenters. The molecule has 0 amide bonds. The van der Waals surface area contributed by atoms with Gasteiger partial charge in [0.1, 0.15) is 5.41 Å². The van der Waals surface area contributed by atoms with Crippen LogP contribution in [0.4, 0.5) is 0 Å². The van der Waals surface area contributed by atoms with Gasteiger partial charge >= 0.3 is 0 Å². The van der Waals surface area contributed by atoms with Crippen molar-refractivity contribution in [3.63, 3.8) is 0 Å². The Labute approximate surface area is 121 Å². The Morgan fingerprint density at radius 1 is 1.25 bits per heavy atom. The summed E-state index contributed by atoms with van der Waals surface area (Å²) in [6.07, 6.45) is 4.20. The SMILES string of the molecule is C=CC(=O)C1(c2ccccc2)CCCCC1=O.CNC. The molecule has 0 aromatic heterocycles. The summed E-state index contributed by atoms with van der Waals surface area (Å²) >= 11 is 0. The van der Waals surface area contributed by atoms with Crippen LogP contribution in [0.3, 0.4) is 0 Å². The van der Waals surface area contributed by atoms with Crippen molar-refractivity contribution in [1.82, 2.24) is 5.32 Å². The molecular weight excluding hydrogens is 250 g/mol. The molecule has 1 atom stereocenters. The Bertz CT molecular complexity index is 467. The monoisotopic (exact) mass is 273 g/mol. The summed E-state index contributed by atoms with van der Waals surface area (Å²) < 4.78 is 0. The van der Waals surface area contributed by atoms with Gasteiger partial charge in [0.15, 0.2) is 11.6 Å². The highest BCUT2D eigenvalue weighted by molar-refractivity contribution is 6.16. The van der Waals surface area contributed by atoms with Gasteiger partial charge in [0.05, 0.1) is 0 Å². The molecule has 0 aliphatic heterocycles. The number of nitrogens with one attached hydrogen (secondary N) is 1. The molecule has 3 nitrogen and oxygen atoms in total. The van der Waals surface area contributed by atoms with Crippen molar-refractivity contribution in [1.29, 1.82) is 0 Å². The van der Waals surface area contributed by atoms with Crippen LogP contribution in [-0.2, 0) is 15.0 Å². The maximum absolute atomic E-state index is 12.2. The van der Waals surface area contributed by atoms with Crippen LogP contribution in [0.2, 0.25) is 0 Å². The molecule has 0 saturated heterocycles. The number of carbonyl (C=O) groups excluding carboxylic acids is 2. The fourth-order valence-electron chi connectivity index (χ4n) is 2.63. The van der Waals surface area contributed by atoms with E-state index in [0.29, 0.717) is 12.8 Å². The number of carbonyl (C=O) groups is 2. The summed E-state index contributed by atoms with van der Waals surface area (Å²) in [6.45, 7) is 3.54. The summed E-state index contributed by atoms with van der Waals surface area (Å²) in [5.41, 5.74) is -0.143. The normalized spacial score (nSPS) is 21.6. The Balaban J connectivity index is 0.000000612. The van der Waals surface area contributed by atoms with Crippen molar-refractivity contribution < 1.29 is 9.59 Å². The lowest BCUT2D eigenvalue weighted by atomic mass is 9.66.